The Hall–Kier alpha value is -3.67. The molecule has 6 nitrogen and oxygen atoms in total. The third-order valence-electron chi connectivity index (χ3n) is 12.1. The number of hydrogen-bond donors (Lipinski definition) is 0. The van der Waals surface area contributed by atoms with E-state index in [-0.39, 0.29) is 37.5 Å². The smallest absolute Gasteiger partial charge is 0.306 e. The van der Waals surface area contributed by atoms with E-state index >= 15 is 0 Å². The molecule has 0 fully saturated rings. The number of ether oxygens (including phenoxy) is 3. The molecule has 0 aromatic carbocycles. The highest BCUT2D eigenvalue weighted by Gasteiger charge is 2.19. The zero-order valence-corrected chi connectivity index (χ0v) is 45.0. The zero-order valence-electron chi connectivity index (χ0n) is 45.0. The van der Waals surface area contributed by atoms with Gasteiger partial charge >= 0.3 is 17.9 Å². The molecule has 0 saturated heterocycles. The minimum absolute atomic E-state index is 0.106. The van der Waals surface area contributed by atoms with Crippen LogP contribution in [-0.4, -0.2) is 37.2 Å². The summed E-state index contributed by atoms with van der Waals surface area (Å²) < 4.78 is 16.8. The van der Waals surface area contributed by atoms with Crippen molar-refractivity contribution in [1.82, 2.24) is 0 Å². The SMILES string of the molecule is CC\C=C/C=C\C=C/CCCCCCCCCC(=O)OCC(COC(=O)CCCCCCCCC/C=C\CCCCCCCCCC)OC(=O)CCC/C=C\C/C=C\C/C=C\C/C=C\CCCCC. The van der Waals surface area contributed by atoms with Crippen molar-refractivity contribution >= 4 is 17.9 Å². The quantitative estimate of drug-likeness (QED) is 0.0199. The lowest BCUT2D eigenvalue weighted by atomic mass is 10.1. The summed E-state index contributed by atoms with van der Waals surface area (Å²) >= 11 is 0. The molecule has 0 spiro atoms. The monoisotopic (exact) mass is 959 g/mol. The fourth-order valence-corrected chi connectivity index (χ4v) is 7.78. The third kappa shape index (κ3) is 55.1. The van der Waals surface area contributed by atoms with Gasteiger partial charge in [-0.25, -0.2) is 0 Å². The van der Waals surface area contributed by atoms with Gasteiger partial charge in [0.05, 0.1) is 0 Å². The fraction of sp³-hybridized carbons (Fsp3) is 0.698. The van der Waals surface area contributed by atoms with Crippen molar-refractivity contribution in [2.24, 2.45) is 0 Å². The zero-order chi connectivity index (χ0) is 50.0. The molecule has 0 aliphatic heterocycles. The molecule has 69 heavy (non-hydrogen) atoms. The van der Waals surface area contributed by atoms with Crippen molar-refractivity contribution in [2.45, 2.75) is 271 Å². The Morgan fingerprint density at radius 3 is 1.09 bits per heavy atom. The molecule has 6 heteroatoms. The van der Waals surface area contributed by atoms with E-state index in [0.717, 1.165) is 77.0 Å². The van der Waals surface area contributed by atoms with E-state index in [9.17, 15) is 14.4 Å². The summed E-state index contributed by atoms with van der Waals surface area (Å²) in [5.74, 6) is -0.976. The second kappa shape index (κ2) is 56.9. The van der Waals surface area contributed by atoms with Crippen molar-refractivity contribution in [3.63, 3.8) is 0 Å². The molecule has 0 N–H and O–H groups in total. The normalized spacial score (nSPS) is 12.8. The van der Waals surface area contributed by atoms with Crippen molar-refractivity contribution in [1.29, 1.82) is 0 Å². The maximum absolute atomic E-state index is 12.8. The first-order chi connectivity index (χ1) is 34.0. The fourth-order valence-electron chi connectivity index (χ4n) is 7.78. The Morgan fingerprint density at radius 2 is 0.638 bits per heavy atom. The van der Waals surface area contributed by atoms with Gasteiger partial charge < -0.3 is 14.2 Å². The van der Waals surface area contributed by atoms with Crippen LogP contribution in [0.1, 0.15) is 265 Å². The van der Waals surface area contributed by atoms with Crippen LogP contribution < -0.4 is 0 Å². The van der Waals surface area contributed by atoms with Gasteiger partial charge in [-0.2, -0.15) is 0 Å². The maximum Gasteiger partial charge on any atom is 0.306 e. The number of carbonyl (C=O) groups excluding carboxylic acids is 3. The molecule has 0 saturated carbocycles. The van der Waals surface area contributed by atoms with E-state index in [1.54, 1.807) is 0 Å². The first-order valence-electron chi connectivity index (χ1n) is 28.8. The molecule has 1 atom stereocenters. The predicted molar refractivity (Wildman–Crippen MR) is 297 cm³/mol. The van der Waals surface area contributed by atoms with Crippen molar-refractivity contribution in [3.05, 3.63) is 97.2 Å². The number of unbranched alkanes of at least 4 members (excludes halogenated alkanes) is 26. The topological polar surface area (TPSA) is 78.9 Å². The third-order valence-corrected chi connectivity index (χ3v) is 12.1. The van der Waals surface area contributed by atoms with Gasteiger partial charge in [0.15, 0.2) is 6.10 Å². The summed E-state index contributed by atoms with van der Waals surface area (Å²) in [4.78, 5) is 38.1. The van der Waals surface area contributed by atoms with E-state index in [1.807, 2.05) is 0 Å². The lowest BCUT2D eigenvalue weighted by Gasteiger charge is -2.18. The lowest BCUT2D eigenvalue weighted by molar-refractivity contribution is -0.167. The summed E-state index contributed by atoms with van der Waals surface area (Å²) in [6, 6.07) is 0. The molecule has 0 aliphatic rings. The highest BCUT2D eigenvalue weighted by Crippen LogP contribution is 2.14. The molecule has 0 aromatic heterocycles. The standard InChI is InChI=1S/C63H106O6/c1-4-7-10-13-16-19-22-25-28-30-31-33-35-38-41-44-47-50-53-56-62(65)68-59-60(58-67-61(64)55-52-49-46-43-40-37-34-27-24-21-18-15-12-9-6-3)69-63(66)57-54-51-48-45-42-39-36-32-29-26-23-20-17-14-11-8-5-2/h9,12,15,17-18,20-21,24,26,29-31,36,39,45,48,60H,4-8,10-11,13-14,16,19,22-23,25,27-28,32-35,37-38,40-44,46-47,49-59H2,1-3H3/b12-9-,18-15-,20-17-,24-21-,29-26-,31-30-,39-36-,48-45-. The Bertz CT molecular complexity index is 1380. The van der Waals surface area contributed by atoms with Crippen molar-refractivity contribution in [3.8, 4) is 0 Å². The Balaban J connectivity index is 4.48. The molecule has 0 aliphatic carbocycles. The van der Waals surface area contributed by atoms with E-state index < -0.39 is 6.10 Å². The van der Waals surface area contributed by atoms with Crippen LogP contribution in [0.2, 0.25) is 0 Å². The maximum atomic E-state index is 12.8. The number of carbonyl (C=O) groups is 3. The Morgan fingerprint density at radius 1 is 0.319 bits per heavy atom. The largest absolute Gasteiger partial charge is 0.462 e. The number of hydrogen-bond acceptors (Lipinski definition) is 6. The van der Waals surface area contributed by atoms with Crippen LogP contribution in [0.3, 0.4) is 0 Å². The number of esters is 3. The second-order valence-electron chi connectivity index (χ2n) is 18.9. The summed E-state index contributed by atoms with van der Waals surface area (Å²) in [6.07, 6.45) is 75.4. The highest BCUT2D eigenvalue weighted by molar-refractivity contribution is 5.71. The lowest BCUT2D eigenvalue weighted by Crippen LogP contribution is -2.30. The molecule has 0 aromatic rings. The van der Waals surface area contributed by atoms with Crippen molar-refractivity contribution in [2.75, 3.05) is 13.2 Å². The number of allylic oxidation sites excluding steroid dienone is 16. The highest BCUT2D eigenvalue weighted by atomic mass is 16.6. The van der Waals surface area contributed by atoms with Gasteiger partial charge in [0.2, 0.25) is 0 Å². The van der Waals surface area contributed by atoms with Gasteiger partial charge in [-0.3, -0.25) is 14.4 Å². The van der Waals surface area contributed by atoms with E-state index in [0.29, 0.717) is 19.3 Å². The van der Waals surface area contributed by atoms with Gasteiger partial charge in [0.25, 0.3) is 0 Å². The van der Waals surface area contributed by atoms with Gasteiger partial charge in [-0.1, -0.05) is 240 Å². The average Bonchev–Trinajstić information content (AvgIpc) is 3.35. The van der Waals surface area contributed by atoms with Crippen LogP contribution in [0.5, 0.6) is 0 Å². The van der Waals surface area contributed by atoms with Crippen LogP contribution in [0.15, 0.2) is 97.2 Å². The molecular formula is C63H106O6. The first kappa shape index (κ1) is 65.3. The first-order valence-corrected chi connectivity index (χ1v) is 28.8. The second-order valence-corrected chi connectivity index (χ2v) is 18.9. The van der Waals surface area contributed by atoms with Gasteiger partial charge in [-0.05, 0) is 103 Å². The Labute approximate surface area is 426 Å². The van der Waals surface area contributed by atoms with Gasteiger partial charge in [-0.15, -0.1) is 0 Å². The van der Waals surface area contributed by atoms with E-state index in [2.05, 4.69) is 118 Å². The molecule has 0 radical (unpaired) electrons. The summed E-state index contributed by atoms with van der Waals surface area (Å²) in [5.41, 5.74) is 0. The van der Waals surface area contributed by atoms with Gasteiger partial charge in [0.1, 0.15) is 13.2 Å². The minimum Gasteiger partial charge on any atom is -0.462 e. The predicted octanol–water partition coefficient (Wildman–Crippen LogP) is 19.3. The molecule has 394 valence electrons. The minimum atomic E-state index is -0.814. The summed E-state index contributed by atoms with van der Waals surface area (Å²) in [5, 5.41) is 0. The van der Waals surface area contributed by atoms with Crippen LogP contribution in [-0.2, 0) is 28.6 Å². The van der Waals surface area contributed by atoms with Gasteiger partial charge in [0, 0.05) is 19.3 Å². The Kier molecular flexibility index (Phi) is 53.9. The molecule has 0 amide bonds. The molecule has 0 bridgehead atoms. The van der Waals surface area contributed by atoms with Crippen LogP contribution >= 0.6 is 0 Å². The van der Waals surface area contributed by atoms with Crippen LogP contribution in [0, 0.1) is 0 Å². The molecule has 0 rings (SSSR count). The molecular weight excluding hydrogens is 853 g/mol. The van der Waals surface area contributed by atoms with Crippen LogP contribution in [0.4, 0.5) is 0 Å². The number of rotatable bonds is 51. The van der Waals surface area contributed by atoms with E-state index in [1.165, 1.54) is 141 Å². The molecule has 1 unspecified atom stereocenters. The summed E-state index contributed by atoms with van der Waals surface area (Å²) in [6.45, 7) is 6.43. The van der Waals surface area contributed by atoms with Crippen molar-refractivity contribution < 1.29 is 28.6 Å². The average molecular weight is 960 g/mol. The molecule has 0 heterocycles. The van der Waals surface area contributed by atoms with E-state index in [4.69, 9.17) is 14.2 Å². The summed E-state index contributed by atoms with van der Waals surface area (Å²) in [7, 11) is 0. The van der Waals surface area contributed by atoms with Crippen LogP contribution in [0.25, 0.3) is 0 Å².